The van der Waals surface area contributed by atoms with Crippen molar-refractivity contribution in [1.82, 2.24) is 9.62 Å². The largest absolute Gasteiger partial charge is 0.299 e. The highest BCUT2D eigenvalue weighted by atomic mass is 32.2. The lowest BCUT2D eigenvalue weighted by atomic mass is 10.1. The number of sulfonamides is 1. The fourth-order valence-corrected chi connectivity index (χ4v) is 2.64. The summed E-state index contributed by atoms with van der Waals surface area (Å²) in [5, 5.41) is 8.34. The van der Waals surface area contributed by atoms with Crippen molar-refractivity contribution in [2.24, 2.45) is 0 Å². The molecule has 92 valence electrons. The Bertz CT molecular complexity index is 342. The van der Waals surface area contributed by atoms with Crippen LogP contribution < -0.4 is 4.72 Å². The molecule has 0 aromatic carbocycles. The first-order chi connectivity index (χ1) is 7.55. The number of piperidine rings is 1. The number of nitrogens with one attached hydrogen (secondary N) is 1. The minimum atomic E-state index is -3.40. The van der Waals surface area contributed by atoms with E-state index >= 15 is 0 Å². The van der Waals surface area contributed by atoms with Crippen LogP contribution in [0.1, 0.15) is 26.2 Å². The van der Waals surface area contributed by atoms with Crippen LogP contribution in [0.5, 0.6) is 0 Å². The fourth-order valence-electron chi connectivity index (χ4n) is 1.87. The second-order valence-corrected chi connectivity index (χ2v) is 6.02. The first-order valence-electron chi connectivity index (χ1n) is 5.63. The third-order valence-electron chi connectivity index (χ3n) is 2.87. The van der Waals surface area contributed by atoms with E-state index in [1.807, 2.05) is 6.92 Å². The van der Waals surface area contributed by atoms with Crippen LogP contribution >= 0.6 is 0 Å². The molecule has 1 aliphatic heterocycles. The van der Waals surface area contributed by atoms with E-state index in [2.05, 4.69) is 9.62 Å². The van der Waals surface area contributed by atoms with Gasteiger partial charge in [0, 0.05) is 12.6 Å². The van der Waals surface area contributed by atoms with Gasteiger partial charge in [-0.05, 0) is 32.9 Å². The van der Waals surface area contributed by atoms with Gasteiger partial charge in [0.05, 0.1) is 6.07 Å². The van der Waals surface area contributed by atoms with Gasteiger partial charge in [-0.15, -0.1) is 0 Å². The summed E-state index contributed by atoms with van der Waals surface area (Å²) in [5.74, 6) is -0.459. The number of likely N-dealkylation sites (tertiary alicyclic amines) is 1. The summed E-state index contributed by atoms with van der Waals surface area (Å²) in [4.78, 5) is 2.29. The standard InChI is InChI=1S/C10H19N3O2S/c1-10(13-6-3-2-4-7-13)9-12-16(14,15)8-5-11/h10,12H,2-4,6-9H2,1H3. The molecule has 1 saturated heterocycles. The van der Waals surface area contributed by atoms with Crippen molar-refractivity contribution in [3.8, 4) is 6.07 Å². The number of rotatable bonds is 5. The molecule has 1 rings (SSSR count). The minimum Gasteiger partial charge on any atom is -0.299 e. The van der Waals surface area contributed by atoms with E-state index in [9.17, 15) is 8.42 Å². The van der Waals surface area contributed by atoms with Crippen LogP contribution in [0.2, 0.25) is 0 Å². The molecule has 0 aromatic heterocycles. The maximum absolute atomic E-state index is 11.3. The fraction of sp³-hybridized carbons (Fsp3) is 0.900. The molecule has 0 aliphatic carbocycles. The zero-order valence-corrected chi connectivity index (χ0v) is 10.5. The van der Waals surface area contributed by atoms with Crippen molar-refractivity contribution < 1.29 is 8.42 Å². The number of hydrogen-bond donors (Lipinski definition) is 1. The third kappa shape index (κ3) is 4.47. The van der Waals surface area contributed by atoms with Gasteiger partial charge in [0.25, 0.3) is 0 Å². The van der Waals surface area contributed by atoms with E-state index in [-0.39, 0.29) is 6.04 Å². The third-order valence-corrected chi connectivity index (χ3v) is 3.98. The van der Waals surface area contributed by atoms with Crippen molar-refractivity contribution in [2.75, 3.05) is 25.4 Å². The van der Waals surface area contributed by atoms with Gasteiger partial charge in [0.15, 0.2) is 5.75 Å². The van der Waals surface area contributed by atoms with Crippen molar-refractivity contribution in [3.05, 3.63) is 0 Å². The van der Waals surface area contributed by atoms with Crippen LogP contribution in [0.15, 0.2) is 0 Å². The molecule has 0 aromatic rings. The Kier molecular flexibility index (Phi) is 5.19. The van der Waals surface area contributed by atoms with Crippen LogP contribution in [0, 0.1) is 11.3 Å². The Morgan fingerprint density at radius 2 is 2.00 bits per heavy atom. The molecular formula is C10H19N3O2S. The molecule has 1 unspecified atom stereocenters. The highest BCUT2D eigenvalue weighted by Gasteiger charge is 2.18. The van der Waals surface area contributed by atoms with Gasteiger partial charge < -0.3 is 0 Å². The van der Waals surface area contributed by atoms with Crippen LogP contribution in [0.3, 0.4) is 0 Å². The van der Waals surface area contributed by atoms with E-state index in [0.29, 0.717) is 6.54 Å². The molecule has 1 N–H and O–H groups in total. The van der Waals surface area contributed by atoms with Gasteiger partial charge in [0.1, 0.15) is 0 Å². The Morgan fingerprint density at radius 1 is 1.38 bits per heavy atom. The second-order valence-electron chi connectivity index (χ2n) is 4.21. The predicted molar refractivity (Wildman–Crippen MR) is 62.3 cm³/mol. The zero-order chi connectivity index (χ0) is 12.0. The minimum absolute atomic E-state index is 0.203. The highest BCUT2D eigenvalue weighted by molar-refractivity contribution is 7.89. The summed E-state index contributed by atoms with van der Waals surface area (Å²) in [6, 6.07) is 1.85. The topological polar surface area (TPSA) is 73.2 Å². The van der Waals surface area contributed by atoms with Crippen molar-refractivity contribution in [1.29, 1.82) is 5.26 Å². The molecule has 1 fully saturated rings. The number of nitriles is 1. The summed E-state index contributed by atoms with van der Waals surface area (Å²) in [6.45, 7) is 4.49. The molecular weight excluding hydrogens is 226 g/mol. The quantitative estimate of drug-likeness (QED) is 0.756. The lowest BCUT2D eigenvalue weighted by Gasteiger charge is -2.32. The van der Waals surface area contributed by atoms with Crippen LogP contribution in [0.4, 0.5) is 0 Å². The molecule has 0 radical (unpaired) electrons. The Hall–Kier alpha value is -0.640. The zero-order valence-electron chi connectivity index (χ0n) is 9.65. The molecule has 1 atom stereocenters. The predicted octanol–water partition coefficient (Wildman–Crippen LogP) is 0.304. The molecule has 0 spiro atoms. The molecule has 0 saturated carbocycles. The van der Waals surface area contributed by atoms with Gasteiger partial charge in [-0.1, -0.05) is 6.42 Å². The number of hydrogen-bond acceptors (Lipinski definition) is 4. The van der Waals surface area contributed by atoms with E-state index in [1.54, 1.807) is 6.07 Å². The van der Waals surface area contributed by atoms with E-state index < -0.39 is 15.8 Å². The Morgan fingerprint density at radius 3 is 2.56 bits per heavy atom. The van der Waals surface area contributed by atoms with Gasteiger partial charge in [0.2, 0.25) is 10.0 Å². The number of nitrogens with zero attached hydrogens (tertiary/aromatic N) is 2. The summed E-state index contributed by atoms with van der Waals surface area (Å²) < 4.78 is 25.0. The average molecular weight is 245 g/mol. The first kappa shape index (κ1) is 13.4. The van der Waals surface area contributed by atoms with Crippen molar-refractivity contribution >= 4 is 10.0 Å². The summed E-state index contributed by atoms with van der Waals surface area (Å²) in [5.41, 5.74) is 0. The van der Waals surface area contributed by atoms with Gasteiger partial charge in [-0.3, -0.25) is 4.90 Å². The Balaban J connectivity index is 2.34. The molecule has 16 heavy (non-hydrogen) atoms. The van der Waals surface area contributed by atoms with Gasteiger partial charge >= 0.3 is 0 Å². The van der Waals surface area contributed by atoms with E-state index in [0.717, 1.165) is 13.1 Å². The molecule has 0 amide bonds. The van der Waals surface area contributed by atoms with E-state index in [1.165, 1.54) is 19.3 Å². The normalized spacial score (nSPS) is 20.2. The molecule has 6 heteroatoms. The maximum Gasteiger partial charge on any atom is 0.225 e. The monoisotopic (exact) mass is 245 g/mol. The van der Waals surface area contributed by atoms with Crippen molar-refractivity contribution in [2.45, 2.75) is 32.2 Å². The lowest BCUT2D eigenvalue weighted by Crippen LogP contribution is -2.44. The van der Waals surface area contributed by atoms with Gasteiger partial charge in [-0.25, -0.2) is 13.1 Å². The molecule has 5 nitrogen and oxygen atoms in total. The summed E-state index contributed by atoms with van der Waals surface area (Å²) >= 11 is 0. The highest BCUT2D eigenvalue weighted by Crippen LogP contribution is 2.11. The second kappa shape index (κ2) is 6.18. The SMILES string of the molecule is CC(CNS(=O)(=O)CC#N)N1CCCCC1. The Labute approximate surface area is 97.5 Å². The maximum atomic E-state index is 11.3. The molecule has 1 aliphatic rings. The molecule has 0 bridgehead atoms. The van der Waals surface area contributed by atoms with Crippen LogP contribution in [-0.2, 0) is 10.0 Å². The summed E-state index contributed by atoms with van der Waals surface area (Å²) in [6.07, 6.45) is 3.65. The van der Waals surface area contributed by atoms with Gasteiger partial charge in [-0.2, -0.15) is 5.26 Å². The lowest BCUT2D eigenvalue weighted by molar-refractivity contribution is 0.175. The van der Waals surface area contributed by atoms with Crippen molar-refractivity contribution in [3.63, 3.8) is 0 Å². The molecule has 1 heterocycles. The first-order valence-corrected chi connectivity index (χ1v) is 7.29. The van der Waals surface area contributed by atoms with Crippen LogP contribution in [-0.4, -0.2) is 44.7 Å². The smallest absolute Gasteiger partial charge is 0.225 e. The average Bonchev–Trinajstić information content (AvgIpc) is 2.27. The van der Waals surface area contributed by atoms with E-state index in [4.69, 9.17) is 5.26 Å². The van der Waals surface area contributed by atoms with Crippen LogP contribution in [0.25, 0.3) is 0 Å². The summed E-state index contributed by atoms with van der Waals surface area (Å²) in [7, 11) is -3.40.